The van der Waals surface area contributed by atoms with Crippen LogP contribution in [0.3, 0.4) is 0 Å². The summed E-state index contributed by atoms with van der Waals surface area (Å²) in [5.41, 5.74) is 6.78. The zero-order valence-corrected chi connectivity index (χ0v) is 22.9. The molecule has 0 amide bonds. The summed E-state index contributed by atoms with van der Waals surface area (Å²) in [7, 11) is 0. The van der Waals surface area contributed by atoms with Crippen molar-refractivity contribution in [2.24, 2.45) is 0 Å². The van der Waals surface area contributed by atoms with Gasteiger partial charge in [0.25, 0.3) is 0 Å². The van der Waals surface area contributed by atoms with Crippen LogP contribution in [-0.4, -0.2) is 19.2 Å². The molecule has 3 heteroatoms. The van der Waals surface area contributed by atoms with Crippen LogP contribution in [0.1, 0.15) is 78.4 Å². The Hall–Kier alpha value is -2.65. The SMILES string of the molecule is CC(C)NCCCCOc1ccc(-c2ccccc2F)cc1-c1ccc2c(c1)C(C)(C)CCC2(C)C. The molecule has 0 spiro atoms. The van der Waals surface area contributed by atoms with Crippen molar-refractivity contribution in [3.05, 3.63) is 77.6 Å². The average Bonchev–Trinajstić information content (AvgIpc) is 2.84. The Morgan fingerprint density at radius 3 is 2.19 bits per heavy atom. The predicted octanol–water partition coefficient (Wildman–Crippen LogP) is 8.67. The first-order chi connectivity index (χ1) is 17.1. The normalized spacial score (nSPS) is 16.1. The topological polar surface area (TPSA) is 21.3 Å². The zero-order chi connectivity index (χ0) is 25.9. The fourth-order valence-corrected chi connectivity index (χ4v) is 5.30. The van der Waals surface area contributed by atoms with E-state index in [9.17, 15) is 4.39 Å². The van der Waals surface area contributed by atoms with Gasteiger partial charge in [-0.3, -0.25) is 0 Å². The summed E-state index contributed by atoms with van der Waals surface area (Å²) in [4.78, 5) is 0. The van der Waals surface area contributed by atoms with E-state index in [-0.39, 0.29) is 16.6 Å². The Balaban J connectivity index is 1.70. The van der Waals surface area contributed by atoms with Gasteiger partial charge in [-0.25, -0.2) is 4.39 Å². The molecule has 4 rings (SSSR count). The second kappa shape index (κ2) is 10.8. The number of rotatable bonds is 9. The van der Waals surface area contributed by atoms with Crippen molar-refractivity contribution >= 4 is 0 Å². The lowest BCUT2D eigenvalue weighted by Gasteiger charge is -2.42. The van der Waals surface area contributed by atoms with E-state index in [1.54, 1.807) is 6.07 Å². The van der Waals surface area contributed by atoms with Crippen LogP contribution in [0.5, 0.6) is 5.75 Å². The molecule has 1 aliphatic carbocycles. The summed E-state index contributed by atoms with van der Waals surface area (Å²) in [6.07, 6.45) is 4.41. The molecule has 3 aromatic rings. The third kappa shape index (κ3) is 5.83. The van der Waals surface area contributed by atoms with Crippen molar-refractivity contribution in [1.82, 2.24) is 5.32 Å². The van der Waals surface area contributed by atoms with Gasteiger partial charge in [0.2, 0.25) is 0 Å². The lowest BCUT2D eigenvalue weighted by molar-refractivity contribution is 0.306. The van der Waals surface area contributed by atoms with E-state index >= 15 is 0 Å². The lowest BCUT2D eigenvalue weighted by atomic mass is 9.63. The molecule has 1 N–H and O–H groups in total. The van der Waals surface area contributed by atoms with Gasteiger partial charge in [0.05, 0.1) is 6.61 Å². The first kappa shape index (κ1) is 26.4. The fraction of sp³-hybridized carbons (Fsp3) is 0.455. The molecule has 2 nitrogen and oxygen atoms in total. The number of unbranched alkanes of at least 4 members (excludes halogenated alkanes) is 1. The number of halogens is 1. The third-order valence-corrected chi connectivity index (χ3v) is 7.71. The van der Waals surface area contributed by atoms with E-state index in [1.165, 1.54) is 30.0 Å². The number of fused-ring (bicyclic) bond motifs is 1. The molecule has 0 unspecified atom stereocenters. The maximum Gasteiger partial charge on any atom is 0.131 e. The van der Waals surface area contributed by atoms with Crippen LogP contribution < -0.4 is 10.1 Å². The summed E-state index contributed by atoms with van der Waals surface area (Å²) in [5, 5.41) is 3.46. The van der Waals surface area contributed by atoms with Crippen LogP contribution in [0.25, 0.3) is 22.3 Å². The monoisotopic (exact) mass is 487 g/mol. The first-order valence-electron chi connectivity index (χ1n) is 13.5. The molecule has 0 radical (unpaired) electrons. The van der Waals surface area contributed by atoms with Crippen LogP contribution in [0.2, 0.25) is 0 Å². The van der Waals surface area contributed by atoms with Gasteiger partial charge in [-0.1, -0.05) is 84.0 Å². The molecular formula is C33H42FNO. The van der Waals surface area contributed by atoms with Crippen LogP contribution in [-0.2, 0) is 10.8 Å². The zero-order valence-electron chi connectivity index (χ0n) is 22.9. The number of hydrogen-bond donors (Lipinski definition) is 1. The first-order valence-corrected chi connectivity index (χ1v) is 13.5. The van der Waals surface area contributed by atoms with E-state index in [1.807, 2.05) is 24.3 Å². The molecule has 0 fully saturated rings. The quantitative estimate of drug-likeness (QED) is 0.305. The summed E-state index contributed by atoms with van der Waals surface area (Å²) >= 11 is 0. The second-order valence-electron chi connectivity index (χ2n) is 11.9. The van der Waals surface area contributed by atoms with E-state index in [0.717, 1.165) is 41.8 Å². The Bertz CT molecular complexity index is 1190. The molecule has 36 heavy (non-hydrogen) atoms. The van der Waals surface area contributed by atoms with Crippen molar-refractivity contribution in [2.45, 2.75) is 84.1 Å². The largest absolute Gasteiger partial charge is 0.493 e. The number of hydrogen-bond acceptors (Lipinski definition) is 2. The molecule has 0 atom stereocenters. The smallest absolute Gasteiger partial charge is 0.131 e. The Morgan fingerprint density at radius 1 is 0.806 bits per heavy atom. The van der Waals surface area contributed by atoms with E-state index in [2.05, 4.69) is 71.1 Å². The average molecular weight is 488 g/mol. The number of benzene rings is 3. The number of ether oxygens (including phenoxy) is 1. The summed E-state index contributed by atoms with van der Waals surface area (Å²) in [6, 6.07) is 20.5. The third-order valence-electron chi connectivity index (χ3n) is 7.71. The molecular weight excluding hydrogens is 445 g/mol. The Morgan fingerprint density at radius 2 is 1.47 bits per heavy atom. The summed E-state index contributed by atoms with van der Waals surface area (Å²) in [6.45, 7) is 15.4. The molecule has 1 aliphatic rings. The Labute approximate surface area is 217 Å². The van der Waals surface area contributed by atoms with Crippen LogP contribution in [0.15, 0.2) is 60.7 Å². The highest BCUT2D eigenvalue weighted by atomic mass is 19.1. The van der Waals surface area contributed by atoms with Gasteiger partial charge in [0.1, 0.15) is 11.6 Å². The molecule has 0 aromatic heterocycles. The van der Waals surface area contributed by atoms with Gasteiger partial charge in [-0.2, -0.15) is 0 Å². The van der Waals surface area contributed by atoms with E-state index < -0.39 is 0 Å². The molecule has 3 aromatic carbocycles. The van der Waals surface area contributed by atoms with Crippen LogP contribution in [0.4, 0.5) is 4.39 Å². The highest BCUT2D eigenvalue weighted by molar-refractivity contribution is 5.79. The standard InChI is InChI=1S/C33H42FNO/c1-23(2)35-19-9-10-20-36-31-16-14-24(26-11-7-8-12-30(26)34)21-27(31)25-13-15-28-29(22-25)33(5,6)18-17-32(28,3)4/h7-8,11-16,21-23,35H,9-10,17-20H2,1-6H3. The molecule has 0 aliphatic heterocycles. The molecule has 0 bridgehead atoms. The highest BCUT2D eigenvalue weighted by Crippen LogP contribution is 2.47. The fourth-order valence-electron chi connectivity index (χ4n) is 5.30. The van der Waals surface area contributed by atoms with Gasteiger partial charge in [0, 0.05) is 17.2 Å². The van der Waals surface area contributed by atoms with Crippen molar-refractivity contribution < 1.29 is 9.13 Å². The van der Waals surface area contributed by atoms with Gasteiger partial charge >= 0.3 is 0 Å². The highest BCUT2D eigenvalue weighted by Gasteiger charge is 2.37. The minimum absolute atomic E-state index is 0.119. The lowest BCUT2D eigenvalue weighted by Crippen LogP contribution is -2.33. The van der Waals surface area contributed by atoms with Gasteiger partial charge < -0.3 is 10.1 Å². The van der Waals surface area contributed by atoms with Crippen molar-refractivity contribution in [1.29, 1.82) is 0 Å². The van der Waals surface area contributed by atoms with Gasteiger partial charge in [0.15, 0.2) is 0 Å². The molecule has 0 heterocycles. The summed E-state index contributed by atoms with van der Waals surface area (Å²) in [5.74, 6) is 0.655. The van der Waals surface area contributed by atoms with Gasteiger partial charge in [-0.05, 0) is 83.5 Å². The number of nitrogens with one attached hydrogen (secondary N) is 1. The van der Waals surface area contributed by atoms with E-state index in [4.69, 9.17) is 4.74 Å². The van der Waals surface area contributed by atoms with Crippen molar-refractivity contribution in [3.63, 3.8) is 0 Å². The maximum absolute atomic E-state index is 14.7. The maximum atomic E-state index is 14.7. The molecule has 192 valence electrons. The summed E-state index contributed by atoms with van der Waals surface area (Å²) < 4.78 is 21.0. The van der Waals surface area contributed by atoms with Crippen LogP contribution >= 0.6 is 0 Å². The van der Waals surface area contributed by atoms with E-state index in [0.29, 0.717) is 18.2 Å². The van der Waals surface area contributed by atoms with Crippen LogP contribution in [0, 0.1) is 5.82 Å². The molecule has 0 saturated carbocycles. The second-order valence-corrected chi connectivity index (χ2v) is 11.9. The van der Waals surface area contributed by atoms with Gasteiger partial charge in [-0.15, -0.1) is 0 Å². The van der Waals surface area contributed by atoms with Crippen molar-refractivity contribution in [3.8, 4) is 28.0 Å². The minimum Gasteiger partial charge on any atom is -0.493 e. The predicted molar refractivity (Wildman–Crippen MR) is 150 cm³/mol. The minimum atomic E-state index is -0.205. The molecule has 0 saturated heterocycles. The van der Waals surface area contributed by atoms with Crippen molar-refractivity contribution in [2.75, 3.05) is 13.2 Å². The Kier molecular flexibility index (Phi) is 7.90.